The number of rotatable bonds is 2. The van der Waals surface area contributed by atoms with Gasteiger partial charge in [0.2, 0.25) is 5.71 Å². The van der Waals surface area contributed by atoms with E-state index in [0.717, 1.165) is 44.6 Å². The van der Waals surface area contributed by atoms with E-state index < -0.39 is 0 Å². The van der Waals surface area contributed by atoms with Gasteiger partial charge in [-0.05, 0) is 49.0 Å². The number of hydrogen-bond acceptors (Lipinski definition) is 4. The standard InChI is InChI=1S/C17H11N2O.C13H12N.Ir/c1-11-8-9-13-12-5-4-6-14(15-7-2-3-10-18-15)16(12)20-17(13)19-11;1-10-3-6-12(7-4-10)13-8-5-11(2)9-14-13;/h2-5,7-10H,1H3;3-6,8-9H,1-2H3;/q2*-1;. The van der Waals surface area contributed by atoms with E-state index in [0.29, 0.717) is 5.71 Å². The Kier molecular flexibility index (Phi) is 7.50. The fourth-order valence-corrected chi connectivity index (χ4v) is 3.70. The number of fused-ring (bicyclic) bond motifs is 3. The second-order valence-corrected chi connectivity index (χ2v) is 8.22. The molecule has 0 atom stereocenters. The molecule has 0 saturated carbocycles. The first-order chi connectivity index (χ1) is 16.6. The van der Waals surface area contributed by atoms with Crippen LogP contribution >= 0.6 is 0 Å². The molecular formula is C30H23IrN3O-2. The summed E-state index contributed by atoms with van der Waals surface area (Å²) in [5.74, 6) is 0. The summed E-state index contributed by atoms with van der Waals surface area (Å²) in [6.45, 7) is 6.05. The molecule has 0 aliphatic rings. The summed E-state index contributed by atoms with van der Waals surface area (Å²) >= 11 is 0. The predicted molar refractivity (Wildman–Crippen MR) is 136 cm³/mol. The molecule has 0 spiro atoms. The quantitative estimate of drug-likeness (QED) is 0.188. The van der Waals surface area contributed by atoms with E-state index in [2.05, 4.69) is 46.1 Å². The van der Waals surface area contributed by atoms with Crippen molar-refractivity contribution in [3.05, 3.63) is 114 Å². The molecule has 0 N–H and O–H groups in total. The first kappa shape index (κ1) is 24.5. The summed E-state index contributed by atoms with van der Waals surface area (Å²) in [4.78, 5) is 13.2. The Morgan fingerprint density at radius 1 is 0.743 bits per heavy atom. The van der Waals surface area contributed by atoms with Gasteiger partial charge in [0.15, 0.2) is 0 Å². The van der Waals surface area contributed by atoms with Gasteiger partial charge in [0, 0.05) is 43.6 Å². The van der Waals surface area contributed by atoms with Crippen LogP contribution in [0, 0.1) is 32.9 Å². The topological polar surface area (TPSA) is 51.8 Å². The number of aryl methyl sites for hydroxylation is 3. The average molecular weight is 634 g/mol. The first-order valence-electron chi connectivity index (χ1n) is 11.1. The Labute approximate surface area is 218 Å². The van der Waals surface area contributed by atoms with Crippen LogP contribution in [0.1, 0.15) is 16.8 Å². The van der Waals surface area contributed by atoms with Crippen LogP contribution in [0.3, 0.4) is 0 Å². The molecular weight excluding hydrogens is 611 g/mol. The molecule has 0 fully saturated rings. The fraction of sp³-hybridized carbons (Fsp3) is 0.100. The van der Waals surface area contributed by atoms with Crippen molar-refractivity contribution in [1.82, 2.24) is 15.0 Å². The van der Waals surface area contributed by atoms with Gasteiger partial charge < -0.3 is 14.4 Å². The summed E-state index contributed by atoms with van der Waals surface area (Å²) in [5, 5.41) is 2.07. The molecule has 0 bridgehead atoms. The maximum absolute atomic E-state index is 5.94. The third-order valence-corrected chi connectivity index (χ3v) is 5.51. The molecule has 35 heavy (non-hydrogen) atoms. The van der Waals surface area contributed by atoms with E-state index >= 15 is 0 Å². The molecule has 0 amide bonds. The Bertz CT molecular complexity index is 1510. The zero-order chi connectivity index (χ0) is 23.5. The third-order valence-electron chi connectivity index (χ3n) is 5.51. The maximum atomic E-state index is 5.94. The number of nitrogens with zero attached hydrogens (tertiary/aromatic N) is 3. The number of pyridine rings is 3. The molecule has 6 aromatic rings. The van der Waals surface area contributed by atoms with E-state index in [1.54, 1.807) is 6.20 Å². The molecule has 0 saturated heterocycles. The molecule has 5 heteroatoms. The smallest absolute Gasteiger partial charge is 0.216 e. The minimum absolute atomic E-state index is 0. The second-order valence-electron chi connectivity index (χ2n) is 8.22. The molecule has 1 radical (unpaired) electrons. The second kappa shape index (κ2) is 10.7. The average Bonchev–Trinajstić information content (AvgIpc) is 3.24. The number of hydrogen-bond donors (Lipinski definition) is 0. The molecule has 2 aromatic carbocycles. The van der Waals surface area contributed by atoms with Crippen LogP contribution in [-0.2, 0) is 20.1 Å². The van der Waals surface area contributed by atoms with Gasteiger partial charge in [-0.15, -0.1) is 53.6 Å². The zero-order valence-electron chi connectivity index (χ0n) is 19.7. The SMILES string of the molecule is Cc1c[c-]c(-c2ccc(C)cn2)cc1.Cc1ccc2c(n1)oc1c(-c3ccccn3)[c-]ccc12.[Ir]. The normalized spacial score (nSPS) is 10.5. The fourth-order valence-electron chi connectivity index (χ4n) is 3.70. The summed E-state index contributed by atoms with van der Waals surface area (Å²) < 4.78 is 5.94. The predicted octanol–water partition coefficient (Wildman–Crippen LogP) is 7.31. The van der Waals surface area contributed by atoms with Gasteiger partial charge >= 0.3 is 0 Å². The van der Waals surface area contributed by atoms with Crippen molar-refractivity contribution >= 4 is 22.1 Å². The summed E-state index contributed by atoms with van der Waals surface area (Å²) in [7, 11) is 0. The third kappa shape index (κ3) is 5.37. The monoisotopic (exact) mass is 634 g/mol. The van der Waals surface area contributed by atoms with E-state index in [1.165, 1.54) is 11.1 Å². The van der Waals surface area contributed by atoms with Gasteiger partial charge in [0.05, 0.1) is 5.58 Å². The number of aromatic nitrogens is 3. The van der Waals surface area contributed by atoms with Crippen molar-refractivity contribution in [1.29, 1.82) is 0 Å². The summed E-state index contributed by atoms with van der Waals surface area (Å²) in [6, 6.07) is 30.4. The van der Waals surface area contributed by atoms with Crippen LogP contribution in [0.2, 0.25) is 0 Å². The van der Waals surface area contributed by atoms with Crippen LogP contribution in [0.4, 0.5) is 0 Å². The van der Waals surface area contributed by atoms with Gasteiger partial charge in [0.25, 0.3) is 0 Å². The summed E-state index contributed by atoms with van der Waals surface area (Å²) in [5.41, 5.74) is 8.57. The Balaban J connectivity index is 0.000000171. The minimum atomic E-state index is 0. The molecule has 0 aliphatic carbocycles. The van der Waals surface area contributed by atoms with Crippen molar-refractivity contribution in [3.8, 4) is 22.5 Å². The number of benzene rings is 2. The maximum Gasteiger partial charge on any atom is 0.216 e. The molecule has 4 nitrogen and oxygen atoms in total. The molecule has 6 rings (SSSR count). The first-order valence-corrected chi connectivity index (χ1v) is 11.1. The van der Waals surface area contributed by atoms with Crippen molar-refractivity contribution in [2.24, 2.45) is 0 Å². The number of furan rings is 1. The van der Waals surface area contributed by atoms with E-state index in [4.69, 9.17) is 4.42 Å². The van der Waals surface area contributed by atoms with Crippen molar-refractivity contribution in [2.45, 2.75) is 20.8 Å². The van der Waals surface area contributed by atoms with Gasteiger partial charge in [0.1, 0.15) is 0 Å². The van der Waals surface area contributed by atoms with E-state index in [-0.39, 0.29) is 20.1 Å². The van der Waals surface area contributed by atoms with Crippen molar-refractivity contribution in [3.63, 3.8) is 0 Å². The minimum Gasteiger partial charge on any atom is -0.486 e. The molecule has 4 heterocycles. The van der Waals surface area contributed by atoms with E-state index in [1.807, 2.05) is 80.7 Å². The molecule has 0 aliphatic heterocycles. The van der Waals surface area contributed by atoms with Crippen LogP contribution in [-0.4, -0.2) is 15.0 Å². The van der Waals surface area contributed by atoms with Crippen molar-refractivity contribution in [2.75, 3.05) is 0 Å². The molecule has 175 valence electrons. The van der Waals surface area contributed by atoms with Crippen LogP contribution in [0.15, 0.2) is 89.6 Å². The Hall–Kier alpha value is -3.66. The van der Waals surface area contributed by atoms with Crippen LogP contribution < -0.4 is 0 Å². The van der Waals surface area contributed by atoms with Gasteiger partial charge in [-0.1, -0.05) is 42.1 Å². The van der Waals surface area contributed by atoms with Gasteiger partial charge in [-0.2, -0.15) is 0 Å². The summed E-state index contributed by atoms with van der Waals surface area (Å²) in [6.07, 6.45) is 3.65. The Morgan fingerprint density at radius 2 is 1.60 bits per heavy atom. The van der Waals surface area contributed by atoms with Gasteiger partial charge in [-0.3, -0.25) is 0 Å². The molecule has 0 unspecified atom stereocenters. The largest absolute Gasteiger partial charge is 0.486 e. The van der Waals surface area contributed by atoms with Gasteiger partial charge in [-0.25, -0.2) is 4.98 Å². The van der Waals surface area contributed by atoms with Crippen molar-refractivity contribution < 1.29 is 24.5 Å². The van der Waals surface area contributed by atoms with Crippen LogP contribution in [0.25, 0.3) is 44.6 Å². The van der Waals surface area contributed by atoms with Crippen LogP contribution in [0.5, 0.6) is 0 Å². The van der Waals surface area contributed by atoms with E-state index in [9.17, 15) is 0 Å². The molecule has 4 aromatic heterocycles. The Morgan fingerprint density at radius 3 is 2.31 bits per heavy atom. The zero-order valence-corrected chi connectivity index (χ0v) is 22.1.